The highest BCUT2D eigenvalue weighted by molar-refractivity contribution is 6.43. The first-order chi connectivity index (χ1) is 9.99. The summed E-state index contributed by atoms with van der Waals surface area (Å²) in [6.45, 7) is 3.84. The van der Waals surface area contributed by atoms with E-state index in [0.717, 1.165) is 22.6 Å². The van der Waals surface area contributed by atoms with Crippen molar-refractivity contribution >= 4 is 29.3 Å². The molecule has 0 amide bonds. The van der Waals surface area contributed by atoms with Gasteiger partial charge in [0.1, 0.15) is 17.7 Å². The summed E-state index contributed by atoms with van der Waals surface area (Å²) in [6, 6.07) is 11.1. The molecule has 0 unspecified atom stereocenters. The van der Waals surface area contributed by atoms with Gasteiger partial charge in [0, 0.05) is 11.4 Å². The predicted octanol–water partition coefficient (Wildman–Crippen LogP) is 4.83. The van der Waals surface area contributed by atoms with Crippen LogP contribution in [-0.2, 0) is 0 Å². The quantitative estimate of drug-likeness (QED) is 0.745. The molecule has 0 bridgehead atoms. The molecule has 0 aliphatic rings. The highest BCUT2D eigenvalue weighted by Gasteiger charge is 2.13. The summed E-state index contributed by atoms with van der Waals surface area (Å²) < 4.78 is 1.95. The van der Waals surface area contributed by atoms with Crippen molar-refractivity contribution in [3.63, 3.8) is 0 Å². The number of rotatable bonds is 2. The van der Waals surface area contributed by atoms with Crippen LogP contribution in [0.2, 0.25) is 10.0 Å². The molecule has 1 aromatic heterocycles. The highest BCUT2D eigenvalue weighted by Crippen LogP contribution is 2.32. The maximum absolute atomic E-state index is 8.87. The molecule has 21 heavy (non-hydrogen) atoms. The molecule has 5 heteroatoms. The van der Waals surface area contributed by atoms with E-state index in [2.05, 4.69) is 0 Å². The van der Waals surface area contributed by atoms with Crippen molar-refractivity contribution in [3.8, 4) is 17.8 Å². The normalized spacial score (nSPS) is 9.81. The second-order valence-electron chi connectivity index (χ2n) is 4.52. The molecule has 3 nitrogen and oxygen atoms in total. The molecular weight excluding hydrogens is 305 g/mol. The van der Waals surface area contributed by atoms with E-state index in [0.29, 0.717) is 10.0 Å². The zero-order valence-electron chi connectivity index (χ0n) is 11.5. The number of halogens is 2. The minimum atomic E-state index is 0.0624. The summed E-state index contributed by atoms with van der Waals surface area (Å²) in [6.07, 6.45) is 1.57. The number of hydrogen-bond donors (Lipinski definition) is 0. The van der Waals surface area contributed by atoms with Gasteiger partial charge in [-0.25, -0.2) is 0 Å². The molecule has 1 aromatic carbocycles. The largest absolute Gasteiger partial charge is 0.316 e. The molecule has 0 spiro atoms. The Bertz CT molecular complexity index is 801. The van der Waals surface area contributed by atoms with Crippen molar-refractivity contribution < 1.29 is 0 Å². The molecule has 0 saturated carbocycles. The Hall–Kier alpha value is -2.20. The molecule has 0 radical (unpaired) electrons. The first kappa shape index (κ1) is 15.2. The first-order valence-electron chi connectivity index (χ1n) is 6.14. The van der Waals surface area contributed by atoms with Crippen molar-refractivity contribution in [2.75, 3.05) is 0 Å². The summed E-state index contributed by atoms with van der Waals surface area (Å²) in [5.74, 6) is 0. The van der Waals surface area contributed by atoms with E-state index in [1.165, 1.54) is 0 Å². The smallest absolute Gasteiger partial charge is 0.130 e. The number of nitrogens with zero attached hydrogens (tertiary/aromatic N) is 3. The van der Waals surface area contributed by atoms with Crippen LogP contribution in [0.15, 0.2) is 29.8 Å². The molecule has 2 rings (SSSR count). The van der Waals surface area contributed by atoms with Crippen molar-refractivity contribution in [1.82, 2.24) is 4.57 Å². The van der Waals surface area contributed by atoms with Crippen molar-refractivity contribution in [3.05, 3.63) is 56.8 Å². The summed E-state index contributed by atoms with van der Waals surface area (Å²) in [4.78, 5) is 0. The Morgan fingerprint density at radius 1 is 1.19 bits per heavy atom. The first-order valence-corrected chi connectivity index (χ1v) is 6.90. The molecule has 0 atom stereocenters. The topological polar surface area (TPSA) is 52.5 Å². The average Bonchev–Trinajstić information content (AvgIpc) is 2.74. The second kappa shape index (κ2) is 6.06. The van der Waals surface area contributed by atoms with Crippen molar-refractivity contribution in [1.29, 1.82) is 10.5 Å². The molecule has 0 aliphatic heterocycles. The molecular formula is C16H11Cl2N3. The van der Waals surface area contributed by atoms with Gasteiger partial charge >= 0.3 is 0 Å². The Kier molecular flexibility index (Phi) is 4.38. The minimum absolute atomic E-state index is 0.0624. The summed E-state index contributed by atoms with van der Waals surface area (Å²) in [7, 11) is 0. The molecule has 1 heterocycles. The average molecular weight is 316 g/mol. The summed E-state index contributed by atoms with van der Waals surface area (Å²) in [5.41, 5.74) is 3.47. The standard InChI is InChI=1S/C16H11Cl2N3/c1-10-6-13(7-12(8-19)9-20)11(2)21(10)15-5-3-4-14(17)16(15)18/h3-7H,1-2H3. The van der Waals surface area contributed by atoms with Crippen LogP contribution in [0, 0.1) is 36.5 Å². The summed E-state index contributed by atoms with van der Waals surface area (Å²) in [5, 5.41) is 18.7. The van der Waals surface area contributed by atoms with Gasteiger partial charge in [0.2, 0.25) is 0 Å². The SMILES string of the molecule is Cc1cc(C=C(C#N)C#N)c(C)n1-c1cccc(Cl)c1Cl. The van der Waals surface area contributed by atoms with Crippen LogP contribution < -0.4 is 0 Å². The molecule has 0 fully saturated rings. The van der Waals surface area contributed by atoms with Gasteiger partial charge in [-0.2, -0.15) is 10.5 Å². The van der Waals surface area contributed by atoms with Gasteiger partial charge in [0.05, 0.1) is 15.7 Å². The monoisotopic (exact) mass is 315 g/mol. The number of hydrogen-bond acceptors (Lipinski definition) is 2. The van der Waals surface area contributed by atoms with Gasteiger partial charge in [-0.1, -0.05) is 29.3 Å². The van der Waals surface area contributed by atoms with Crippen LogP contribution in [0.25, 0.3) is 11.8 Å². The van der Waals surface area contributed by atoms with Crippen LogP contribution in [0.5, 0.6) is 0 Å². The maximum Gasteiger partial charge on any atom is 0.130 e. The van der Waals surface area contributed by atoms with Gasteiger partial charge in [0.25, 0.3) is 0 Å². The third-order valence-electron chi connectivity index (χ3n) is 3.18. The van der Waals surface area contributed by atoms with E-state index < -0.39 is 0 Å². The highest BCUT2D eigenvalue weighted by atomic mass is 35.5. The lowest BCUT2D eigenvalue weighted by Gasteiger charge is -2.12. The Morgan fingerprint density at radius 3 is 2.48 bits per heavy atom. The third-order valence-corrected chi connectivity index (χ3v) is 3.99. The van der Waals surface area contributed by atoms with Crippen LogP contribution in [0.1, 0.15) is 17.0 Å². The molecule has 0 N–H and O–H groups in total. The lowest BCUT2D eigenvalue weighted by Crippen LogP contribution is -2.00. The fraction of sp³-hybridized carbons (Fsp3) is 0.125. The molecule has 0 aliphatic carbocycles. The van der Waals surface area contributed by atoms with E-state index in [4.69, 9.17) is 33.7 Å². The van der Waals surface area contributed by atoms with Crippen LogP contribution in [-0.4, -0.2) is 4.57 Å². The molecule has 104 valence electrons. The van der Waals surface area contributed by atoms with E-state index in [-0.39, 0.29) is 5.57 Å². The predicted molar refractivity (Wildman–Crippen MR) is 84.5 cm³/mol. The third kappa shape index (κ3) is 2.81. The van der Waals surface area contributed by atoms with Crippen LogP contribution in [0.3, 0.4) is 0 Å². The Morgan fingerprint density at radius 2 is 1.86 bits per heavy atom. The van der Waals surface area contributed by atoms with E-state index in [1.54, 1.807) is 12.1 Å². The zero-order chi connectivity index (χ0) is 15.6. The zero-order valence-corrected chi connectivity index (χ0v) is 13.0. The van der Waals surface area contributed by atoms with Gasteiger partial charge in [0.15, 0.2) is 0 Å². The van der Waals surface area contributed by atoms with Crippen LogP contribution in [0.4, 0.5) is 0 Å². The van der Waals surface area contributed by atoms with Gasteiger partial charge in [-0.15, -0.1) is 0 Å². The number of aryl methyl sites for hydroxylation is 1. The molecule has 2 aromatic rings. The van der Waals surface area contributed by atoms with Gasteiger partial charge in [-0.05, 0) is 43.7 Å². The summed E-state index contributed by atoms with van der Waals surface area (Å²) >= 11 is 12.3. The van der Waals surface area contributed by atoms with E-state index in [9.17, 15) is 0 Å². The van der Waals surface area contributed by atoms with E-state index >= 15 is 0 Å². The minimum Gasteiger partial charge on any atom is -0.316 e. The van der Waals surface area contributed by atoms with Gasteiger partial charge in [-0.3, -0.25) is 0 Å². The number of allylic oxidation sites excluding steroid dienone is 1. The number of nitriles is 2. The molecule has 0 saturated heterocycles. The fourth-order valence-corrected chi connectivity index (χ4v) is 2.59. The van der Waals surface area contributed by atoms with Crippen molar-refractivity contribution in [2.24, 2.45) is 0 Å². The van der Waals surface area contributed by atoms with E-state index in [1.807, 2.05) is 48.8 Å². The lowest BCUT2D eigenvalue weighted by molar-refractivity contribution is 0.965. The fourth-order valence-electron chi connectivity index (χ4n) is 2.21. The lowest BCUT2D eigenvalue weighted by atomic mass is 10.1. The van der Waals surface area contributed by atoms with Crippen molar-refractivity contribution in [2.45, 2.75) is 13.8 Å². The van der Waals surface area contributed by atoms with Crippen LogP contribution >= 0.6 is 23.2 Å². The number of aromatic nitrogens is 1. The second-order valence-corrected chi connectivity index (χ2v) is 5.30. The number of benzene rings is 1. The van der Waals surface area contributed by atoms with Gasteiger partial charge < -0.3 is 4.57 Å². The maximum atomic E-state index is 8.87. The Labute approximate surface area is 133 Å². The Balaban J connectivity index is 2.66.